The van der Waals surface area contributed by atoms with Gasteiger partial charge in [0.25, 0.3) is 0 Å². The number of piperidine rings is 2. The Balaban J connectivity index is 1.21. The molecule has 3 amide bonds. The number of pyridine rings is 1. The number of carbonyl (C=O) groups is 2. The molecular formula is C20H25F3N4O4. The number of amides is 3. The van der Waals surface area contributed by atoms with Gasteiger partial charge in [-0.2, -0.15) is 13.2 Å². The minimum Gasteiger partial charge on any atom is -0.492 e. The molecule has 0 spiro atoms. The summed E-state index contributed by atoms with van der Waals surface area (Å²) in [5.74, 6) is 0.355. The lowest BCUT2D eigenvalue weighted by Gasteiger charge is -2.43. The number of hydrogen-bond acceptors (Lipinski definition) is 5. The average Bonchev–Trinajstić information content (AvgIpc) is 2.76. The monoisotopic (exact) mass is 442 g/mol. The number of carbonyl (C=O) groups excluding carboxylic acids is 2. The van der Waals surface area contributed by atoms with E-state index in [-0.39, 0.29) is 36.6 Å². The zero-order chi connectivity index (χ0) is 22.0. The lowest BCUT2D eigenvalue weighted by molar-refractivity contribution is -0.141. The van der Waals surface area contributed by atoms with Crippen LogP contribution in [0.2, 0.25) is 0 Å². The number of nitrogens with one attached hydrogen (secondary N) is 1. The number of rotatable bonds is 3. The molecule has 1 N–H and O–H groups in total. The lowest BCUT2D eigenvalue weighted by Crippen LogP contribution is -2.62. The van der Waals surface area contributed by atoms with Crippen molar-refractivity contribution in [2.45, 2.75) is 37.6 Å². The fourth-order valence-electron chi connectivity index (χ4n) is 4.21. The van der Waals surface area contributed by atoms with Crippen molar-refractivity contribution < 1.29 is 32.2 Å². The van der Waals surface area contributed by atoms with Crippen LogP contribution in [0.1, 0.15) is 25.0 Å². The summed E-state index contributed by atoms with van der Waals surface area (Å²) in [6, 6.07) is 1.97. The SMILES string of the molecule is O=C1COC2CCN(C(=O)N3CCC(COc4ccc(C(F)(F)F)nc4)CC3)CC2N1. The first-order valence-corrected chi connectivity index (χ1v) is 10.4. The number of ether oxygens (including phenoxy) is 2. The molecule has 3 aliphatic heterocycles. The van der Waals surface area contributed by atoms with E-state index in [1.54, 1.807) is 4.90 Å². The third-order valence-corrected chi connectivity index (χ3v) is 5.99. The Morgan fingerprint density at radius 2 is 1.94 bits per heavy atom. The molecular weight excluding hydrogens is 417 g/mol. The minimum atomic E-state index is -4.47. The number of alkyl halides is 3. The normalized spacial score (nSPS) is 25.1. The Morgan fingerprint density at radius 1 is 1.19 bits per heavy atom. The van der Waals surface area contributed by atoms with E-state index in [0.717, 1.165) is 25.1 Å². The van der Waals surface area contributed by atoms with E-state index in [0.29, 0.717) is 45.0 Å². The van der Waals surface area contributed by atoms with Crippen molar-refractivity contribution >= 4 is 11.9 Å². The largest absolute Gasteiger partial charge is 0.492 e. The van der Waals surface area contributed by atoms with Crippen LogP contribution < -0.4 is 10.1 Å². The maximum Gasteiger partial charge on any atom is 0.433 e. The summed E-state index contributed by atoms with van der Waals surface area (Å²) in [5.41, 5.74) is -0.949. The molecule has 4 heterocycles. The van der Waals surface area contributed by atoms with Crippen LogP contribution in [0, 0.1) is 5.92 Å². The first-order valence-electron chi connectivity index (χ1n) is 10.4. The highest BCUT2D eigenvalue weighted by Gasteiger charge is 2.38. The van der Waals surface area contributed by atoms with E-state index in [2.05, 4.69) is 10.3 Å². The highest BCUT2D eigenvalue weighted by atomic mass is 19.4. The Hall–Kier alpha value is -2.56. The van der Waals surface area contributed by atoms with Crippen molar-refractivity contribution in [3.8, 4) is 5.75 Å². The zero-order valence-corrected chi connectivity index (χ0v) is 16.9. The van der Waals surface area contributed by atoms with Gasteiger partial charge in [-0.1, -0.05) is 0 Å². The first-order chi connectivity index (χ1) is 14.8. The first kappa shape index (κ1) is 21.7. The third-order valence-electron chi connectivity index (χ3n) is 5.99. The number of aromatic nitrogens is 1. The second-order valence-corrected chi connectivity index (χ2v) is 8.16. The Bertz CT molecular complexity index is 797. The van der Waals surface area contributed by atoms with Crippen molar-refractivity contribution in [2.75, 3.05) is 39.4 Å². The number of likely N-dealkylation sites (tertiary alicyclic amines) is 2. The summed E-state index contributed by atoms with van der Waals surface area (Å²) in [6.07, 6.45) is -1.23. The summed E-state index contributed by atoms with van der Waals surface area (Å²) in [4.78, 5) is 31.4. The number of hydrogen-bond donors (Lipinski definition) is 1. The quantitative estimate of drug-likeness (QED) is 0.773. The molecule has 1 aromatic heterocycles. The highest BCUT2D eigenvalue weighted by molar-refractivity contribution is 5.79. The lowest BCUT2D eigenvalue weighted by atomic mass is 9.97. The van der Waals surface area contributed by atoms with Crippen molar-refractivity contribution in [1.82, 2.24) is 20.1 Å². The summed E-state index contributed by atoms with van der Waals surface area (Å²) in [6.45, 7) is 2.66. The number of morpholine rings is 1. The molecule has 8 nitrogen and oxygen atoms in total. The van der Waals surface area contributed by atoms with E-state index in [1.807, 2.05) is 4.90 Å². The molecule has 4 rings (SSSR count). The molecule has 0 bridgehead atoms. The van der Waals surface area contributed by atoms with E-state index < -0.39 is 11.9 Å². The number of urea groups is 1. The number of nitrogens with zero attached hydrogens (tertiary/aromatic N) is 3. The van der Waals surface area contributed by atoms with Gasteiger partial charge in [-0.25, -0.2) is 9.78 Å². The van der Waals surface area contributed by atoms with Crippen LogP contribution >= 0.6 is 0 Å². The van der Waals surface area contributed by atoms with Gasteiger partial charge < -0.3 is 24.6 Å². The molecule has 0 saturated carbocycles. The van der Waals surface area contributed by atoms with Crippen molar-refractivity contribution in [3.05, 3.63) is 24.0 Å². The number of halogens is 3. The highest BCUT2D eigenvalue weighted by Crippen LogP contribution is 2.28. The maximum atomic E-state index is 12.9. The molecule has 0 aliphatic carbocycles. The van der Waals surface area contributed by atoms with E-state index >= 15 is 0 Å². The second kappa shape index (κ2) is 8.89. The van der Waals surface area contributed by atoms with Gasteiger partial charge in [-0.05, 0) is 37.3 Å². The topological polar surface area (TPSA) is 84.0 Å². The van der Waals surface area contributed by atoms with Crippen molar-refractivity contribution in [3.63, 3.8) is 0 Å². The summed E-state index contributed by atoms with van der Waals surface area (Å²) in [5, 5.41) is 2.90. The minimum absolute atomic E-state index is 0.0374. The van der Waals surface area contributed by atoms with Gasteiger partial charge in [0.2, 0.25) is 5.91 Å². The van der Waals surface area contributed by atoms with Crippen LogP contribution in [0.25, 0.3) is 0 Å². The smallest absolute Gasteiger partial charge is 0.433 e. The summed E-state index contributed by atoms with van der Waals surface area (Å²) in [7, 11) is 0. The fourth-order valence-corrected chi connectivity index (χ4v) is 4.21. The van der Waals surface area contributed by atoms with Gasteiger partial charge in [-0.3, -0.25) is 4.79 Å². The molecule has 3 fully saturated rings. The van der Waals surface area contributed by atoms with E-state index in [1.165, 1.54) is 6.07 Å². The molecule has 31 heavy (non-hydrogen) atoms. The van der Waals surface area contributed by atoms with Crippen LogP contribution in [-0.4, -0.2) is 78.3 Å². The zero-order valence-electron chi connectivity index (χ0n) is 16.9. The average molecular weight is 442 g/mol. The van der Waals surface area contributed by atoms with E-state index in [4.69, 9.17) is 9.47 Å². The predicted molar refractivity (Wildman–Crippen MR) is 102 cm³/mol. The van der Waals surface area contributed by atoms with E-state index in [9.17, 15) is 22.8 Å². The maximum absolute atomic E-state index is 12.9. The van der Waals surface area contributed by atoms with Crippen LogP contribution in [0.3, 0.4) is 0 Å². The van der Waals surface area contributed by atoms with Gasteiger partial charge in [0.15, 0.2) is 0 Å². The summed E-state index contributed by atoms with van der Waals surface area (Å²) < 4.78 is 48.8. The Labute approximate surface area is 177 Å². The third kappa shape index (κ3) is 5.20. The summed E-state index contributed by atoms with van der Waals surface area (Å²) >= 11 is 0. The van der Waals surface area contributed by atoms with Crippen molar-refractivity contribution in [1.29, 1.82) is 0 Å². The second-order valence-electron chi connectivity index (χ2n) is 8.16. The van der Waals surface area contributed by atoms with Crippen molar-refractivity contribution in [2.24, 2.45) is 5.92 Å². The van der Waals surface area contributed by atoms with Crippen LogP contribution in [0.4, 0.5) is 18.0 Å². The Kier molecular flexibility index (Phi) is 6.22. The molecule has 0 radical (unpaired) electrons. The standard InChI is InChI=1S/C20H25F3N4O4/c21-20(22,23)17-2-1-14(9-24-17)30-11-13-3-6-26(7-4-13)19(29)27-8-5-16-15(10-27)25-18(28)12-31-16/h1-2,9,13,15-16H,3-8,10-12H2,(H,25,28). The molecule has 3 aliphatic rings. The van der Waals surface area contributed by atoms with Crippen LogP contribution in [0.15, 0.2) is 18.3 Å². The number of fused-ring (bicyclic) bond motifs is 1. The molecule has 11 heteroatoms. The molecule has 170 valence electrons. The molecule has 0 aromatic carbocycles. The predicted octanol–water partition coefficient (Wildman–Crippen LogP) is 1.90. The van der Waals surface area contributed by atoms with Crippen LogP contribution in [0.5, 0.6) is 5.75 Å². The molecule has 3 saturated heterocycles. The van der Waals surface area contributed by atoms with Gasteiger partial charge >= 0.3 is 12.2 Å². The Morgan fingerprint density at radius 3 is 2.61 bits per heavy atom. The molecule has 2 unspecified atom stereocenters. The van der Waals surface area contributed by atoms with Gasteiger partial charge in [0.1, 0.15) is 18.1 Å². The fraction of sp³-hybridized carbons (Fsp3) is 0.650. The molecule has 1 aromatic rings. The van der Waals surface area contributed by atoms with Gasteiger partial charge in [0, 0.05) is 26.2 Å². The molecule has 2 atom stereocenters. The van der Waals surface area contributed by atoms with Gasteiger partial charge in [0.05, 0.1) is 24.9 Å². The van der Waals surface area contributed by atoms with Gasteiger partial charge in [-0.15, -0.1) is 0 Å². The van der Waals surface area contributed by atoms with Crippen LogP contribution in [-0.2, 0) is 15.7 Å².